The third kappa shape index (κ3) is 2.82. The first-order valence-corrected chi connectivity index (χ1v) is 7.72. The Labute approximate surface area is 127 Å². The zero-order chi connectivity index (χ0) is 14.8. The van der Waals surface area contributed by atoms with E-state index in [1.54, 1.807) is 16.0 Å². The van der Waals surface area contributed by atoms with Crippen LogP contribution in [-0.2, 0) is 20.0 Å². The maximum atomic E-state index is 4.53. The summed E-state index contributed by atoms with van der Waals surface area (Å²) in [5.41, 5.74) is 0.987. The van der Waals surface area contributed by atoms with Crippen LogP contribution in [0.2, 0.25) is 0 Å². The molecule has 110 valence electrons. The number of fused-ring (bicyclic) bond motifs is 1. The van der Waals surface area contributed by atoms with Gasteiger partial charge in [-0.3, -0.25) is 4.68 Å². The van der Waals surface area contributed by atoms with E-state index in [1.807, 2.05) is 26.4 Å². The highest BCUT2D eigenvalue weighted by molar-refractivity contribution is 7.18. The van der Waals surface area contributed by atoms with Gasteiger partial charge in [0.05, 0.1) is 17.6 Å². The van der Waals surface area contributed by atoms with Gasteiger partial charge in [-0.2, -0.15) is 10.1 Å². The lowest BCUT2D eigenvalue weighted by Crippen LogP contribution is -2.05. The number of hydrogen-bond acceptors (Lipinski definition) is 6. The molecule has 3 aromatic heterocycles. The monoisotopic (exact) mass is 302 g/mol. The number of nitrogens with zero attached hydrogens (tertiary/aromatic N) is 4. The van der Waals surface area contributed by atoms with Crippen molar-refractivity contribution in [3.8, 4) is 0 Å². The standard InChI is InChI=1S/C14H18N6S/c1-4-10-7-11-12(16-8-9-5-6-20(3)19-9)17-14(15-2)18-13(11)21-10/h5-7H,4,8H2,1-3H3,(H2,15,16,17,18). The number of nitrogens with one attached hydrogen (secondary N) is 2. The van der Waals surface area contributed by atoms with Gasteiger partial charge >= 0.3 is 0 Å². The van der Waals surface area contributed by atoms with Crippen molar-refractivity contribution >= 4 is 33.3 Å². The molecule has 0 aromatic carbocycles. The second-order valence-electron chi connectivity index (χ2n) is 4.77. The van der Waals surface area contributed by atoms with E-state index in [4.69, 9.17) is 0 Å². The van der Waals surface area contributed by atoms with Crippen LogP contribution in [0.25, 0.3) is 10.2 Å². The molecule has 6 nitrogen and oxygen atoms in total. The van der Waals surface area contributed by atoms with Crippen molar-refractivity contribution in [2.45, 2.75) is 19.9 Å². The van der Waals surface area contributed by atoms with E-state index in [0.717, 1.165) is 28.1 Å². The minimum Gasteiger partial charge on any atom is -0.364 e. The van der Waals surface area contributed by atoms with Crippen LogP contribution in [0.1, 0.15) is 17.5 Å². The Balaban J connectivity index is 1.93. The van der Waals surface area contributed by atoms with Crippen LogP contribution in [-0.4, -0.2) is 26.8 Å². The van der Waals surface area contributed by atoms with E-state index in [1.165, 1.54) is 4.88 Å². The molecule has 21 heavy (non-hydrogen) atoms. The molecule has 0 aliphatic heterocycles. The third-order valence-electron chi connectivity index (χ3n) is 3.22. The lowest BCUT2D eigenvalue weighted by Gasteiger charge is -2.07. The van der Waals surface area contributed by atoms with Crippen molar-refractivity contribution in [2.24, 2.45) is 7.05 Å². The van der Waals surface area contributed by atoms with Crippen molar-refractivity contribution < 1.29 is 0 Å². The predicted octanol–water partition coefficient (Wildman–Crippen LogP) is 2.64. The van der Waals surface area contributed by atoms with Gasteiger partial charge in [0.25, 0.3) is 0 Å². The molecule has 0 aliphatic rings. The number of aryl methyl sites for hydroxylation is 2. The van der Waals surface area contributed by atoms with E-state index in [2.05, 4.69) is 38.7 Å². The molecule has 0 saturated heterocycles. The molecule has 0 unspecified atom stereocenters. The van der Waals surface area contributed by atoms with Gasteiger partial charge in [-0.15, -0.1) is 11.3 Å². The summed E-state index contributed by atoms with van der Waals surface area (Å²) in [7, 11) is 3.75. The summed E-state index contributed by atoms with van der Waals surface area (Å²) in [5, 5.41) is 11.8. The Hall–Kier alpha value is -2.15. The van der Waals surface area contributed by atoms with Gasteiger partial charge in [0.2, 0.25) is 5.95 Å². The van der Waals surface area contributed by atoms with Crippen LogP contribution in [0, 0.1) is 0 Å². The van der Waals surface area contributed by atoms with Crippen LogP contribution in [0.3, 0.4) is 0 Å². The van der Waals surface area contributed by atoms with Crippen molar-refractivity contribution in [1.82, 2.24) is 19.7 Å². The lowest BCUT2D eigenvalue weighted by atomic mass is 10.3. The molecule has 0 spiro atoms. The molecule has 7 heteroatoms. The Bertz CT molecular complexity index is 760. The molecule has 0 saturated carbocycles. The molecule has 0 fully saturated rings. The van der Waals surface area contributed by atoms with Crippen LogP contribution in [0.15, 0.2) is 18.3 Å². The number of anilines is 2. The maximum Gasteiger partial charge on any atom is 0.225 e. The van der Waals surface area contributed by atoms with Gasteiger partial charge in [-0.1, -0.05) is 6.92 Å². The van der Waals surface area contributed by atoms with E-state index in [-0.39, 0.29) is 0 Å². The molecule has 3 aromatic rings. The zero-order valence-electron chi connectivity index (χ0n) is 12.3. The van der Waals surface area contributed by atoms with Crippen molar-refractivity contribution in [2.75, 3.05) is 17.7 Å². The molecule has 0 atom stereocenters. The first kappa shape index (κ1) is 13.8. The highest BCUT2D eigenvalue weighted by atomic mass is 32.1. The summed E-state index contributed by atoms with van der Waals surface area (Å²) < 4.78 is 1.80. The summed E-state index contributed by atoms with van der Waals surface area (Å²) in [4.78, 5) is 11.4. The summed E-state index contributed by atoms with van der Waals surface area (Å²) in [6, 6.07) is 4.16. The molecule has 0 bridgehead atoms. The van der Waals surface area contributed by atoms with E-state index >= 15 is 0 Å². The normalized spacial score (nSPS) is 11.0. The van der Waals surface area contributed by atoms with Gasteiger partial charge in [-0.05, 0) is 18.6 Å². The first-order chi connectivity index (χ1) is 10.2. The van der Waals surface area contributed by atoms with Crippen LogP contribution in [0.5, 0.6) is 0 Å². The Kier molecular flexibility index (Phi) is 3.74. The van der Waals surface area contributed by atoms with E-state index < -0.39 is 0 Å². The maximum absolute atomic E-state index is 4.53. The average Bonchev–Trinajstić information content (AvgIpc) is 3.10. The number of rotatable bonds is 5. The third-order valence-corrected chi connectivity index (χ3v) is 4.39. The van der Waals surface area contributed by atoms with Gasteiger partial charge in [0.15, 0.2) is 0 Å². The predicted molar refractivity (Wildman–Crippen MR) is 86.9 cm³/mol. The minimum atomic E-state index is 0.635. The Morgan fingerprint density at radius 1 is 1.33 bits per heavy atom. The van der Waals surface area contributed by atoms with E-state index in [9.17, 15) is 0 Å². The summed E-state index contributed by atoms with van der Waals surface area (Å²) in [6.45, 7) is 2.80. The van der Waals surface area contributed by atoms with Gasteiger partial charge in [0, 0.05) is 25.2 Å². The summed E-state index contributed by atoms with van der Waals surface area (Å²) >= 11 is 1.72. The summed E-state index contributed by atoms with van der Waals surface area (Å²) in [5.74, 6) is 1.49. The highest BCUT2D eigenvalue weighted by Crippen LogP contribution is 2.30. The SMILES string of the molecule is CCc1cc2c(NCc3ccn(C)n3)nc(NC)nc2s1. The van der Waals surface area contributed by atoms with Crippen molar-refractivity contribution in [3.05, 3.63) is 28.9 Å². The average molecular weight is 302 g/mol. The summed E-state index contributed by atoms with van der Waals surface area (Å²) in [6.07, 6.45) is 2.95. The molecule has 0 amide bonds. The fraction of sp³-hybridized carbons (Fsp3) is 0.357. The van der Waals surface area contributed by atoms with Crippen LogP contribution in [0.4, 0.5) is 11.8 Å². The van der Waals surface area contributed by atoms with E-state index in [0.29, 0.717) is 12.5 Å². The number of hydrogen-bond donors (Lipinski definition) is 2. The molecule has 0 aliphatic carbocycles. The molecule has 2 N–H and O–H groups in total. The number of aromatic nitrogens is 4. The second kappa shape index (κ2) is 5.69. The smallest absolute Gasteiger partial charge is 0.225 e. The van der Waals surface area contributed by atoms with Crippen molar-refractivity contribution in [3.63, 3.8) is 0 Å². The Morgan fingerprint density at radius 3 is 2.86 bits per heavy atom. The van der Waals surface area contributed by atoms with Gasteiger partial charge in [0.1, 0.15) is 10.6 Å². The molecule has 3 rings (SSSR count). The molecule has 3 heterocycles. The molecule has 0 radical (unpaired) electrons. The zero-order valence-corrected chi connectivity index (χ0v) is 13.2. The first-order valence-electron chi connectivity index (χ1n) is 6.90. The Morgan fingerprint density at radius 2 is 2.19 bits per heavy atom. The van der Waals surface area contributed by atoms with Gasteiger partial charge < -0.3 is 10.6 Å². The van der Waals surface area contributed by atoms with Crippen LogP contribution >= 0.6 is 11.3 Å². The largest absolute Gasteiger partial charge is 0.364 e. The quantitative estimate of drug-likeness (QED) is 0.758. The minimum absolute atomic E-state index is 0.635. The number of thiophene rings is 1. The van der Waals surface area contributed by atoms with Crippen molar-refractivity contribution in [1.29, 1.82) is 0 Å². The lowest BCUT2D eigenvalue weighted by molar-refractivity contribution is 0.747. The fourth-order valence-corrected chi connectivity index (χ4v) is 3.09. The van der Waals surface area contributed by atoms with Gasteiger partial charge in [-0.25, -0.2) is 4.98 Å². The fourth-order valence-electron chi connectivity index (χ4n) is 2.12. The molecular formula is C14H18N6S. The van der Waals surface area contributed by atoms with Crippen LogP contribution < -0.4 is 10.6 Å². The second-order valence-corrected chi connectivity index (χ2v) is 5.88. The highest BCUT2D eigenvalue weighted by Gasteiger charge is 2.11. The topological polar surface area (TPSA) is 67.7 Å². The molecular weight excluding hydrogens is 284 g/mol.